The van der Waals surface area contributed by atoms with Crippen molar-refractivity contribution in [3.63, 3.8) is 0 Å². The van der Waals surface area contributed by atoms with Gasteiger partial charge in [0.15, 0.2) is 0 Å². The Labute approximate surface area is 66.1 Å². The summed E-state index contributed by atoms with van der Waals surface area (Å²) in [5.74, 6) is 0. The third-order valence-electron chi connectivity index (χ3n) is 2.01. The van der Waals surface area contributed by atoms with Crippen LogP contribution in [0.3, 0.4) is 0 Å². The van der Waals surface area contributed by atoms with E-state index in [-0.39, 0.29) is 0 Å². The number of aliphatic hydroxyl groups excluding tert-OH is 3. The van der Waals surface area contributed by atoms with Gasteiger partial charge in [-0.3, -0.25) is 0 Å². The Bertz CT molecular complexity index is 97.8. The van der Waals surface area contributed by atoms with Gasteiger partial charge in [0.2, 0.25) is 0 Å². The highest BCUT2D eigenvalue weighted by Crippen LogP contribution is 2.20. The lowest BCUT2D eigenvalue weighted by Gasteiger charge is -2.36. The van der Waals surface area contributed by atoms with Crippen molar-refractivity contribution in [2.75, 3.05) is 0 Å². The second-order valence-corrected chi connectivity index (χ2v) is 2.92. The van der Waals surface area contributed by atoms with E-state index in [1.54, 1.807) is 0 Å². The first-order valence-corrected chi connectivity index (χ1v) is 3.60. The number of hydrogen-bond donors (Lipinski definition) is 4. The normalized spacial score (nSPS) is 25.4. The van der Waals surface area contributed by atoms with Crippen molar-refractivity contribution in [1.82, 2.24) is 0 Å². The molecular weight excluding hydrogens is 148 g/mol. The Balaban J connectivity index is 4.53. The molecule has 0 amide bonds. The Morgan fingerprint density at radius 3 is 1.00 bits per heavy atom. The number of aliphatic hydroxyl groups is 4. The van der Waals surface area contributed by atoms with Crippen LogP contribution in [0.2, 0.25) is 0 Å². The van der Waals surface area contributed by atoms with Crippen LogP contribution in [0.5, 0.6) is 0 Å². The predicted octanol–water partition coefficient (Wildman–Crippen LogP) is -1.14. The monoisotopic (exact) mass is 164 g/mol. The van der Waals surface area contributed by atoms with E-state index in [1.165, 1.54) is 20.8 Å². The zero-order valence-corrected chi connectivity index (χ0v) is 7.02. The van der Waals surface area contributed by atoms with Crippen LogP contribution in [-0.2, 0) is 0 Å². The maximum Gasteiger partial charge on any atom is 0.141 e. The minimum atomic E-state index is -1.83. The minimum absolute atomic E-state index is 1.16. The lowest BCUT2D eigenvalue weighted by Crippen LogP contribution is -2.57. The van der Waals surface area contributed by atoms with Crippen molar-refractivity contribution in [1.29, 1.82) is 0 Å². The fourth-order valence-corrected chi connectivity index (χ4v) is 1.05. The molecule has 4 nitrogen and oxygen atoms in total. The maximum atomic E-state index is 9.49. The Morgan fingerprint density at radius 2 is 1.00 bits per heavy atom. The largest absolute Gasteiger partial charge is 0.390 e. The molecule has 0 rings (SSSR count). The van der Waals surface area contributed by atoms with Crippen LogP contribution in [0.15, 0.2) is 0 Å². The molecule has 0 spiro atoms. The van der Waals surface area contributed by atoms with E-state index in [1.807, 2.05) is 0 Å². The van der Waals surface area contributed by atoms with Gasteiger partial charge < -0.3 is 20.4 Å². The van der Waals surface area contributed by atoms with Gasteiger partial charge in [-0.05, 0) is 20.8 Å². The minimum Gasteiger partial charge on any atom is -0.390 e. The molecule has 0 bridgehead atoms. The van der Waals surface area contributed by atoms with Crippen LogP contribution in [0.25, 0.3) is 0 Å². The molecule has 11 heavy (non-hydrogen) atoms. The third-order valence-corrected chi connectivity index (χ3v) is 2.01. The lowest BCUT2D eigenvalue weighted by atomic mass is 9.87. The van der Waals surface area contributed by atoms with Gasteiger partial charge in [0.1, 0.15) is 5.60 Å². The first kappa shape index (κ1) is 10.8. The van der Waals surface area contributed by atoms with Gasteiger partial charge in [0, 0.05) is 0 Å². The van der Waals surface area contributed by atoms with E-state index in [2.05, 4.69) is 0 Å². The van der Waals surface area contributed by atoms with E-state index in [0.29, 0.717) is 0 Å². The first-order valence-electron chi connectivity index (χ1n) is 3.60. The van der Waals surface area contributed by atoms with Crippen molar-refractivity contribution in [2.24, 2.45) is 0 Å². The quantitative estimate of drug-likeness (QED) is 0.425. The average molecular weight is 164 g/mol. The van der Waals surface area contributed by atoms with Crippen LogP contribution in [-0.4, -0.2) is 44.3 Å². The summed E-state index contributed by atoms with van der Waals surface area (Å²) in [6.45, 7) is 3.96. The smallest absolute Gasteiger partial charge is 0.141 e. The number of rotatable bonds is 3. The third kappa shape index (κ3) is 1.90. The molecular formula is C7H16O4. The van der Waals surface area contributed by atoms with Crippen molar-refractivity contribution in [2.45, 2.75) is 44.7 Å². The molecule has 0 aromatic rings. The van der Waals surface area contributed by atoms with Crippen molar-refractivity contribution in [3.05, 3.63) is 0 Å². The van der Waals surface area contributed by atoms with Crippen molar-refractivity contribution < 1.29 is 20.4 Å². The molecule has 0 fully saturated rings. The first-order chi connectivity index (χ1) is 4.83. The highest BCUT2D eigenvalue weighted by atomic mass is 16.4. The van der Waals surface area contributed by atoms with Crippen molar-refractivity contribution in [3.8, 4) is 0 Å². The second-order valence-electron chi connectivity index (χ2n) is 2.92. The van der Waals surface area contributed by atoms with E-state index >= 15 is 0 Å². The lowest BCUT2D eigenvalue weighted by molar-refractivity contribution is -0.185. The van der Waals surface area contributed by atoms with Crippen LogP contribution in [0.4, 0.5) is 0 Å². The molecule has 0 radical (unpaired) electrons. The molecule has 3 unspecified atom stereocenters. The highest BCUT2D eigenvalue weighted by Gasteiger charge is 2.42. The Hall–Kier alpha value is -0.160. The molecule has 0 aromatic carbocycles. The molecule has 0 saturated heterocycles. The predicted molar refractivity (Wildman–Crippen MR) is 40.0 cm³/mol. The molecule has 3 atom stereocenters. The van der Waals surface area contributed by atoms with E-state index < -0.39 is 23.9 Å². The maximum absolute atomic E-state index is 9.49. The fourth-order valence-electron chi connectivity index (χ4n) is 1.05. The SMILES string of the molecule is CC(O)C(O)(C(C)O)C(C)O. The summed E-state index contributed by atoms with van der Waals surface area (Å²) in [5.41, 5.74) is -1.83. The second kappa shape index (κ2) is 3.49. The summed E-state index contributed by atoms with van der Waals surface area (Å²) in [5, 5.41) is 36.6. The summed E-state index contributed by atoms with van der Waals surface area (Å²) in [7, 11) is 0. The van der Waals surface area contributed by atoms with Crippen LogP contribution < -0.4 is 0 Å². The molecule has 0 heterocycles. The van der Waals surface area contributed by atoms with E-state index in [9.17, 15) is 5.11 Å². The Kier molecular flexibility index (Phi) is 3.44. The van der Waals surface area contributed by atoms with Crippen LogP contribution >= 0.6 is 0 Å². The topological polar surface area (TPSA) is 80.9 Å². The van der Waals surface area contributed by atoms with Gasteiger partial charge in [-0.25, -0.2) is 0 Å². The molecule has 0 aliphatic carbocycles. The van der Waals surface area contributed by atoms with Gasteiger partial charge in [-0.1, -0.05) is 0 Å². The number of hydrogen-bond acceptors (Lipinski definition) is 4. The Morgan fingerprint density at radius 1 is 0.818 bits per heavy atom. The van der Waals surface area contributed by atoms with Gasteiger partial charge in [0.25, 0.3) is 0 Å². The van der Waals surface area contributed by atoms with Crippen LogP contribution in [0.1, 0.15) is 20.8 Å². The van der Waals surface area contributed by atoms with Gasteiger partial charge in [-0.2, -0.15) is 0 Å². The summed E-state index contributed by atoms with van der Waals surface area (Å²) < 4.78 is 0. The molecule has 4 heteroatoms. The average Bonchev–Trinajstić information content (AvgIpc) is 1.84. The van der Waals surface area contributed by atoms with Crippen molar-refractivity contribution >= 4 is 0 Å². The molecule has 0 aromatic heterocycles. The van der Waals surface area contributed by atoms with E-state index in [4.69, 9.17) is 15.3 Å². The fraction of sp³-hybridized carbons (Fsp3) is 1.00. The summed E-state index contributed by atoms with van der Waals surface area (Å²) in [4.78, 5) is 0. The highest BCUT2D eigenvalue weighted by molar-refractivity contribution is 4.93. The standard InChI is InChI=1S/C7H16O4/c1-4(8)7(11,5(2)9)6(3)10/h4-6,8-11H,1-3H3. The van der Waals surface area contributed by atoms with E-state index in [0.717, 1.165) is 0 Å². The van der Waals surface area contributed by atoms with Crippen LogP contribution in [0, 0.1) is 0 Å². The molecule has 68 valence electrons. The molecule has 0 aliphatic rings. The molecule has 4 N–H and O–H groups in total. The zero-order valence-electron chi connectivity index (χ0n) is 7.02. The van der Waals surface area contributed by atoms with Gasteiger partial charge in [-0.15, -0.1) is 0 Å². The zero-order chi connectivity index (χ0) is 9.23. The van der Waals surface area contributed by atoms with Gasteiger partial charge >= 0.3 is 0 Å². The summed E-state index contributed by atoms with van der Waals surface area (Å²) >= 11 is 0. The van der Waals surface area contributed by atoms with Gasteiger partial charge in [0.05, 0.1) is 18.3 Å². The summed E-state index contributed by atoms with van der Waals surface area (Å²) in [6.07, 6.45) is -3.49. The summed E-state index contributed by atoms with van der Waals surface area (Å²) in [6, 6.07) is 0. The molecule has 0 aliphatic heterocycles. The molecule has 0 saturated carbocycles.